The molecule has 0 heterocycles. The Bertz CT molecular complexity index is 393. The second-order valence-electron chi connectivity index (χ2n) is 5.87. The molecular weight excluding hydrogens is 295 g/mol. The molecule has 0 bridgehead atoms. The number of hydrogen-bond donors (Lipinski definition) is 1. The predicted molar refractivity (Wildman–Crippen MR) is 79.5 cm³/mol. The summed E-state index contributed by atoms with van der Waals surface area (Å²) in [7, 11) is 1.82. The van der Waals surface area contributed by atoms with Crippen LogP contribution in [-0.4, -0.2) is 57.8 Å². The number of amides is 1. The molecule has 124 valence electrons. The molecule has 0 spiro atoms. The third-order valence-electron chi connectivity index (χ3n) is 2.47. The summed E-state index contributed by atoms with van der Waals surface area (Å²) in [6.07, 6.45) is 1.02. The highest BCUT2D eigenvalue weighted by molar-refractivity contribution is 7.45. The van der Waals surface area contributed by atoms with Crippen LogP contribution in [0.5, 0.6) is 0 Å². The van der Waals surface area contributed by atoms with Crippen LogP contribution >= 0.6 is 7.82 Å². The largest absolute Gasteiger partial charge is 0.756 e. The zero-order valence-electron chi connectivity index (χ0n) is 13.4. The molecule has 1 unspecified atom stereocenters. The zero-order valence-corrected chi connectivity index (χ0v) is 14.3. The second-order valence-corrected chi connectivity index (χ2v) is 7.28. The number of hydrogen-bond acceptors (Lipinski definition) is 5. The molecular formula is C13H27N2O5P. The van der Waals surface area contributed by atoms with E-state index in [-0.39, 0.29) is 19.1 Å². The minimum Gasteiger partial charge on any atom is -0.756 e. The highest BCUT2D eigenvalue weighted by Gasteiger charge is 2.11. The number of rotatable bonds is 11. The molecule has 0 fully saturated rings. The minimum atomic E-state index is -4.24. The first kappa shape index (κ1) is 20.3. The van der Waals surface area contributed by atoms with Crippen LogP contribution in [0.1, 0.15) is 19.8 Å². The lowest BCUT2D eigenvalue weighted by atomic mass is 10.3. The number of phosphoric acid groups is 1. The van der Waals surface area contributed by atoms with Gasteiger partial charge in [0.25, 0.3) is 7.82 Å². The summed E-state index contributed by atoms with van der Waals surface area (Å²) < 4.78 is 21.6. The van der Waals surface area contributed by atoms with Crippen LogP contribution < -0.4 is 10.2 Å². The van der Waals surface area contributed by atoms with Gasteiger partial charge in [-0.15, -0.1) is 0 Å². The Morgan fingerprint density at radius 2 is 1.76 bits per heavy atom. The van der Waals surface area contributed by atoms with Crippen LogP contribution in [0, 0.1) is 0 Å². The van der Waals surface area contributed by atoms with Gasteiger partial charge in [-0.2, -0.15) is 0 Å². The average Bonchev–Trinajstić information content (AvgIpc) is 2.32. The van der Waals surface area contributed by atoms with E-state index < -0.39 is 7.82 Å². The lowest BCUT2D eigenvalue weighted by molar-refractivity contribution is -0.870. The fourth-order valence-electron chi connectivity index (χ4n) is 1.35. The lowest BCUT2D eigenvalue weighted by Crippen LogP contribution is -2.35. The molecule has 21 heavy (non-hydrogen) atoms. The first-order chi connectivity index (χ1) is 9.53. The molecule has 7 nitrogen and oxygen atoms in total. The van der Waals surface area contributed by atoms with E-state index in [0.29, 0.717) is 25.0 Å². The van der Waals surface area contributed by atoms with Crippen molar-refractivity contribution in [2.75, 3.05) is 47.4 Å². The van der Waals surface area contributed by atoms with Gasteiger partial charge >= 0.3 is 0 Å². The van der Waals surface area contributed by atoms with E-state index in [0.717, 1.165) is 11.0 Å². The Morgan fingerprint density at radius 1 is 1.24 bits per heavy atom. The van der Waals surface area contributed by atoms with E-state index in [1.165, 1.54) is 0 Å². The number of quaternary nitrogens is 1. The van der Waals surface area contributed by atoms with Crippen LogP contribution in [0.2, 0.25) is 0 Å². The molecule has 1 amide bonds. The average molecular weight is 322 g/mol. The maximum Gasteiger partial charge on any atom is 0.267 e. The quantitative estimate of drug-likeness (QED) is 0.261. The van der Waals surface area contributed by atoms with Gasteiger partial charge in [-0.05, 0) is 13.3 Å². The Balaban J connectivity index is 3.71. The van der Waals surface area contributed by atoms with Gasteiger partial charge in [-0.25, -0.2) is 0 Å². The highest BCUT2D eigenvalue weighted by atomic mass is 31.2. The number of nitrogens with one attached hydrogen (secondary N) is 1. The third-order valence-corrected chi connectivity index (χ3v) is 3.46. The van der Waals surface area contributed by atoms with Gasteiger partial charge in [-0.1, -0.05) is 6.58 Å². The van der Waals surface area contributed by atoms with E-state index in [1.54, 1.807) is 6.92 Å². The van der Waals surface area contributed by atoms with Crippen molar-refractivity contribution >= 4 is 13.7 Å². The summed E-state index contributed by atoms with van der Waals surface area (Å²) in [4.78, 5) is 22.6. The van der Waals surface area contributed by atoms with Gasteiger partial charge in [0.2, 0.25) is 5.91 Å². The molecule has 0 rings (SSSR count). The molecule has 0 radical (unpaired) electrons. The van der Waals surface area contributed by atoms with Crippen molar-refractivity contribution in [1.29, 1.82) is 0 Å². The first-order valence-electron chi connectivity index (χ1n) is 6.88. The molecule has 0 aromatic rings. The van der Waals surface area contributed by atoms with E-state index >= 15 is 0 Å². The van der Waals surface area contributed by atoms with Crippen molar-refractivity contribution in [3.05, 3.63) is 12.2 Å². The summed E-state index contributed by atoms with van der Waals surface area (Å²) >= 11 is 0. The van der Waals surface area contributed by atoms with Crippen molar-refractivity contribution in [3.63, 3.8) is 0 Å². The van der Waals surface area contributed by atoms with Gasteiger partial charge in [0.05, 0.1) is 40.9 Å². The van der Waals surface area contributed by atoms with Crippen molar-refractivity contribution in [1.82, 2.24) is 5.32 Å². The molecule has 8 heteroatoms. The zero-order chi connectivity index (χ0) is 16.5. The third kappa shape index (κ3) is 12.7. The van der Waals surface area contributed by atoms with Crippen molar-refractivity contribution in [2.45, 2.75) is 19.8 Å². The fourth-order valence-corrected chi connectivity index (χ4v) is 2.13. The Labute approximate surface area is 127 Å². The van der Waals surface area contributed by atoms with E-state index in [2.05, 4.69) is 11.9 Å². The Hall–Kier alpha value is -0.720. The summed E-state index contributed by atoms with van der Waals surface area (Å²) in [6, 6.07) is 0. The van der Waals surface area contributed by atoms with Crippen molar-refractivity contribution in [3.8, 4) is 0 Å². The smallest absolute Gasteiger partial charge is 0.267 e. The molecule has 1 atom stereocenters. The Morgan fingerprint density at radius 3 is 2.24 bits per heavy atom. The molecule has 0 aliphatic heterocycles. The van der Waals surface area contributed by atoms with E-state index in [4.69, 9.17) is 9.05 Å². The molecule has 1 N–H and O–H groups in total. The Kier molecular flexibility index (Phi) is 9.01. The van der Waals surface area contributed by atoms with Gasteiger partial charge in [0.1, 0.15) is 0 Å². The maximum absolute atomic E-state index is 11.4. The predicted octanol–water partition coefficient (Wildman–Crippen LogP) is 0.667. The normalized spacial score (nSPS) is 14.5. The monoisotopic (exact) mass is 322 g/mol. The standard InChI is InChI=1S/C13H27N2O5P/c1-12(2)13(16)14-8-6-10-19-21(17,18)20-11-7-9-15(3,4)5/h1,6-11H2,2-5H3,(H-,14,16,17,18). The van der Waals surface area contributed by atoms with Crippen LogP contribution in [0.25, 0.3) is 0 Å². The van der Waals surface area contributed by atoms with Gasteiger partial charge in [0.15, 0.2) is 0 Å². The van der Waals surface area contributed by atoms with Crippen LogP contribution in [-0.2, 0) is 18.4 Å². The second kappa shape index (κ2) is 9.33. The number of nitrogens with zero attached hydrogens (tertiary/aromatic N) is 1. The molecule has 0 aromatic heterocycles. The van der Waals surface area contributed by atoms with Crippen LogP contribution in [0.3, 0.4) is 0 Å². The lowest BCUT2D eigenvalue weighted by Gasteiger charge is -2.26. The number of carbonyl (C=O) groups excluding carboxylic acids is 1. The van der Waals surface area contributed by atoms with Gasteiger partial charge < -0.3 is 23.7 Å². The maximum atomic E-state index is 11.4. The summed E-state index contributed by atoms with van der Waals surface area (Å²) in [5.41, 5.74) is 0.408. The highest BCUT2D eigenvalue weighted by Crippen LogP contribution is 2.38. The molecule has 0 aliphatic carbocycles. The molecule has 0 saturated heterocycles. The SMILES string of the molecule is C=C(C)C(=O)NCCCOP(=O)([O-])OCCC[N+](C)(C)C. The number of carbonyl (C=O) groups is 1. The molecule has 0 aliphatic rings. The van der Waals surface area contributed by atoms with E-state index in [1.807, 2.05) is 21.1 Å². The van der Waals surface area contributed by atoms with Gasteiger partial charge in [0, 0.05) is 18.5 Å². The topological polar surface area (TPSA) is 87.7 Å². The fraction of sp³-hybridized carbons (Fsp3) is 0.769. The summed E-state index contributed by atoms with van der Waals surface area (Å²) in [6.45, 7) is 6.32. The minimum absolute atomic E-state index is 0.0212. The van der Waals surface area contributed by atoms with Crippen molar-refractivity contribution < 1.29 is 27.8 Å². The molecule has 0 aromatic carbocycles. The first-order valence-corrected chi connectivity index (χ1v) is 8.34. The summed E-state index contributed by atoms with van der Waals surface area (Å²) in [5, 5.41) is 2.58. The summed E-state index contributed by atoms with van der Waals surface area (Å²) in [5.74, 6) is -0.253. The number of phosphoric ester groups is 1. The van der Waals surface area contributed by atoms with E-state index in [9.17, 15) is 14.3 Å². The van der Waals surface area contributed by atoms with Crippen LogP contribution in [0.15, 0.2) is 12.2 Å². The van der Waals surface area contributed by atoms with Crippen molar-refractivity contribution in [2.24, 2.45) is 0 Å². The molecule has 0 saturated carbocycles. The van der Waals surface area contributed by atoms with Crippen LogP contribution in [0.4, 0.5) is 0 Å². The van der Waals surface area contributed by atoms with Gasteiger partial charge in [-0.3, -0.25) is 9.36 Å².